The molecule has 0 N–H and O–H groups in total. The summed E-state index contributed by atoms with van der Waals surface area (Å²) in [4.78, 5) is 5.13. The van der Waals surface area contributed by atoms with Gasteiger partial charge in [0, 0.05) is 24.2 Å². The van der Waals surface area contributed by atoms with E-state index in [4.69, 9.17) is 0 Å². The second kappa shape index (κ2) is 3.01. The van der Waals surface area contributed by atoms with Crippen LogP contribution in [0.4, 0.5) is 0 Å². The van der Waals surface area contributed by atoms with E-state index in [0.29, 0.717) is 0 Å². The van der Waals surface area contributed by atoms with Gasteiger partial charge in [-0.05, 0) is 50.2 Å². The van der Waals surface area contributed by atoms with Crippen LogP contribution in [0.3, 0.4) is 0 Å². The second-order valence-corrected chi connectivity index (χ2v) is 5.56. The lowest BCUT2D eigenvalue weighted by atomic mass is 9.99. The Labute approximate surface area is 96.9 Å². The van der Waals surface area contributed by atoms with Gasteiger partial charge in [0.05, 0.1) is 0 Å². The summed E-state index contributed by atoms with van der Waals surface area (Å²) < 4.78 is 0. The van der Waals surface area contributed by atoms with E-state index in [2.05, 4.69) is 35.1 Å². The van der Waals surface area contributed by atoms with Gasteiger partial charge < -0.3 is 9.80 Å². The van der Waals surface area contributed by atoms with Crippen molar-refractivity contribution < 1.29 is 0 Å². The van der Waals surface area contributed by atoms with E-state index in [1.54, 1.807) is 16.8 Å². The predicted octanol–water partition coefficient (Wildman–Crippen LogP) is 1.78. The molecular formula is C14H18N2. The molecule has 4 aliphatic rings. The molecule has 1 fully saturated rings. The van der Waals surface area contributed by atoms with Gasteiger partial charge in [-0.15, -0.1) is 0 Å². The van der Waals surface area contributed by atoms with Crippen molar-refractivity contribution in [1.29, 1.82) is 0 Å². The summed E-state index contributed by atoms with van der Waals surface area (Å²) in [6, 6.07) is 0.801. The molecule has 0 aromatic heterocycles. The fourth-order valence-electron chi connectivity index (χ4n) is 3.65. The first-order valence-corrected chi connectivity index (χ1v) is 6.42. The quantitative estimate of drug-likeness (QED) is 0.656. The van der Waals surface area contributed by atoms with Gasteiger partial charge in [-0.3, -0.25) is 0 Å². The molecule has 1 atom stereocenters. The molecule has 1 unspecified atom stereocenters. The van der Waals surface area contributed by atoms with E-state index < -0.39 is 0 Å². The zero-order valence-electron chi connectivity index (χ0n) is 9.82. The van der Waals surface area contributed by atoms with Gasteiger partial charge in [0.25, 0.3) is 0 Å². The van der Waals surface area contributed by atoms with Crippen LogP contribution in [0.5, 0.6) is 0 Å². The standard InChI is InChI=1S/C14H18N2/c1-15-6-4-11(5-7-15)16-9-13-10-2-3-12(13)14(16)8-10/h2-3,8,11,13H,4-7,9H2,1H3. The minimum Gasteiger partial charge on any atom is -0.367 e. The molecule has 2 heterocycles. The van der Waals surface area contributed by atoms with Crippen LogP contribution in [0.1, 0.15) is 12.8 Å². The summed E-state index contributed by atoms with van der Waals surface area (Å²) in [6.07, 6.45) is 9.74. The maximum atomic E-state index is 2.68. The summed E-state index contributed by atoms with van der Waals surface area (Å²) in [5.74, 6) is 0.745. The summed E-state index contributed by atoms with van der Waals surface area (Å²) in [5.41, 5.74) is 4.72. The molecule has 2 aliphatic carbocycles. The Morgan fingerprint density at radius 1 is 1.19 bits per heavy atom. The summed E-state index contributed by atoms with van der Waals surface area (Å²) in [6.45, 7) is 3.79. The SMILES string of the molecule is CN1CCC(N2CC3C4=CC2=C3C=C4)CC1. The van der Waals surface area contributed by atoms with Crippen LogP contribution in [0, 0.1) is 5.92 Å². The van der Waals surface area contributed by atoms with Gasteiger partial charge in [-0.2, -0.15) is 0 Å². The number of hydrogen-bond donors (Lipinski definition) is 0. The smallest absolute Gasteiger partial charge is 0.0411 e. The third-order valence-electron chi connectivity index (χ3n) is 4.65. The van der Waals surface area contributed by atoms with Gasteiger partial charge in [0.15, 0.2) is 0 Å². The van der Waals surface area contributed by atoms with Crippen molar-refractivity contribution in [2.45, 2.75) is 18.9 Å². The van der Waals surface area contributed by atoms with E-state index in [0.717, 1.165) is 12.0 Å². The number of rotatable bonds is 1. The second-order valence-electron chi connectivity index (χ2n) is 5.56. The van der Waals surface area contributed by atoms with Crippen molar-refractivity contribution in [1.82, 2.24) is 9.80 Å². The normalized spacial score (nSPS) is 33.2. The molecule has 0 aromatic carbocycles. The molecule has 4 bridgehead atoms. The van der Waals surface area contributed by atoms with Crippen molar-refractivity contribution in [2.24, 2.45) is 5.92 Å². The lowest BCUT2D eigenvalue weighted by Crippen LogP contribution is -2.43. The lowest BCUT2D eigenvalue weighted by molar-refractivity contribution is 0.155. The van der Waals surface area contributed by atoms with Gasteiger partial charge in [0.2, 0.25) is 0 Å². The Morgan fingerprint density at radius 2 is 2.00 bits per heavy atom. The van der Waals surface area contributed by atoms with E-state index in [-0.39, 0.29) is 0 Å². The average molecular weight is 214 g/mol. The zero-order chi connectivity index (χ0) is 10.7. The molecule has 16 heavy (non-hydrogen) atoms. The Bertz CT molecular complexity index is 422. The molecule has 0 saturated carbocycles. The maximum absolute atomic E-state index is 2.68. The number of allylic oxidation sites excluding steroid dienone is 3. The molecule has 84 valence electrons. The molecule has 2 heteroatoms. The first-order valence-electron chi connectivity index (χ1n) is 6.42. The molecule has 0 radical (unpaired) electrons. The van der Waals surface area contributed by atoms with E-state index in [1.165, 1.54) is 32.5 Å². The van der Waals surface area contributed by atoms with Crippen molar-refractivity contribution >= 4 is 0 Å². The highest BCUT2D eigenvalue weighted by atomic mass is 15.2. The van der Waals surface area contributed by atoms with Crippen LogP contribution in [0.25, 0.3) is 0 Å². The largest absolute Gasteiger partial charge is 0.367 e. The number of piperidine rings is 1. The topological polar surface area (TPSA) is 6.48 Å². The van der Waals surface area contributed by atoms with Crippen molar-refractivity contribution in [3.63, 3.8) is 0 Å². The molecule has 2 aliphatic heterocycles. The summed E-state index contributed by atoms with van der Waals surface area (Å²) in [7, 11) is 2.24. The Hall–Kier alpha value is -1.02. The summed E-state index contributed by atoms with van der Waals surface area (Å²) >= 11 is 0. The Morgan fingerprint density at radius 3 is 2.69 bits per heavy atom. The fraction of sp³-hybridized carbons (Fsp3) is 0.571. The first-order chi connectivity index (χ1) is 7.83. The van der Waals surface area contributed by atoms with Crippen LogP contribution < -0.4 is 0 Å². The Balaban J connectivity index is 1.57. The van der Waals surface area contributed by atoms with Crippen LogP contribution in [0.2, 0.25) is 0 Å². The van der Waals surface area contributed by atoms with Crippen molar-refractivity contribution in [3.05, 3.63) is 35.1 Å². The highest BCUT2D eigenvalue weighted by molar-refractivity contribution is 5.60. The minimum atomic E-state index is 0.745. The predicted molar refractivity (Wildman–Crippen MR) is 65.0 cm³/mol. The molecule has 2 nitrogen and oxygen atoms in total. The van der Waals surface area contributed by atoms with Crippen LogP contribution in [0.15, 0.2) is 35.1 Å². The van der Waals surface area contributed by atoms with E-state index >= 15 is 0 Å². The van der Waals surface area contributed by atoms with Crippen molar-refractivity contribution in [2.75, 3.05) is 26.7 Å². The highest BCUT2D eigenvalue weighted by Crippen LogP contribution is 2.47. The van der Waals surface area contributed by atoms with E-state index in [9.17, 15) is 0 Å². The van der Waals surface area contributed by atoms with Gasteiger partial charge in [-0.25, -0.2) is 0 Å². The number of hydrogen-bond acceptors (Lipinski definition) is 2. The first kappa shape index (κ1) is 9.06. The molecule has 4 rings (SSSR count). The highest BCUT2D eigenvalue weighted by Gasteiger charge is 2.41. The third kappa shape index (κ3) is 1.06. The maximum Gasteiger partial charge on any atom is 0.0411 e. The molecule has 0 spiro atoms. The number of nitrogens with zero attached hydrogens (tertiary/aromatic N) is 2. The monoisotopic (exact) mass is 214 g/mol. The third-order valence-corrected chi connectivity index (χ3v) is 4.65. The van der Waals surface area contributed by atoms with Gasteiger partial charge >= 0.3 is 0 Å². The zero-order valence-corrected chi connectivity index (χ0v) is 9.82. The number of likely N-dealkylation sites (tertiary alicyclic amines) is 1. The Kier molecular flexibility index (Phi) is 1.70. The lowest BCUT2D eigenvalue weighted by Gasteiger charge is -2.39. The minimum absolute atomic E-state index is 0.745. The average Bonchev–Trinajstić information content (AvgIpc) is 2.96. The van der Waals surface area contributed by atoms with Crippen LogP contribution >= 0.6 is 0 Å². The molecule has 1 saturated heterocycles. The van der Waals surface area contributed by atoms with E-state index in [1.807, 2.05) is 0 Å². The van der Waals surface area contributed by atoms with Gasteiger partial charge in [-0.1, -0.05) is 12.2 Å². The van der Waals surface area contributed by atoms with Crippen LogP contribution in [-0.2, 0) is 0 Å². The van der Waals surface area contributed by atoms with Crippen LogP contribution in [-0.4, -0.2) is 42.5 Å². The summed E-state index contributed by atoms with van der Waals surface area (Å²) in [5, 5.41) is 0. The molecular weight excluding hydrogens is 196 g/mol. The molecule has 0 amide bonds. The fourth-order valence-corrected chi connectivity index (χ4v) is 3.65. The van der Waals surface area contributed by atoms with Crippen molar-refractivity contribution in [3.8, 4) is 0 Å². The van der Waals surface area contributed by atoms with Gasteiger partial charge in [0.1, 0.15) is 0 Å². The molecule has 0 aromatic rings.